The largest absolute Gasteiger partial charge is 0.330 e. The van der Waals surface area contributed by atoms with Crippen LogP contribution in [-0.2, 0) is 13.0 Å². The molecule has 0 unspecified atom stereocenters. The highest BCUT2D eigenvalue weighted by molar-refractivity contribution is 5.15. The Labute approximate surface area is 89.6 Å². The van der Waals surface area contributed by atoms with E-state index >= 15 is 0 Å². The molecular formula is C12H15N3. The summed E-state index contributed by atoms with van der Waals surface area (Å²) in [5.41, 5.74) is 6.81. The average molecular weight is 201 g/mol. The number of nitrogens with zero attached hydrogens (tertiary/aromatic N) is 2. The van der Waals surface area contributed by atoms with Gasteiger partial charge in [-0.25, -0.2) is 4.98 Å². The Hall–Kier alpha value is -1.61. The minimum Gasteiger partial charge on any atom is -0.330 e. The summed E-state index contributed by atoms with van der Waals surface area (Å²) in [4.78, 5) is 4.29. The molecule has 1 aromatic heterocycles. The van der Waals surface area contributed by atoms with Gasteiger partial charge in [0.1, 0.15) is 5.82 Å². The van der Waals surface area contributed by atoms with Gasteiger partial charge < -0.3 is 10.3 Å². The van der Waals surface area contributed by atoms with Crippen molar-refractivity contribution < 1.29 is 0 Å². The van der Waals surface area contributed by atoms with E-state index < -0.39 is 0 Å². The fourth-order valence-electron chi connectivity index (χ4n) is 1.62. The molecule has 2 aromatic rings. The first kappa shape index (κ1) is 9.93. The van der Waals surface area contributed by atoms with Gasteiger partial charge in [-0.3, -0.25) is 0 Å². The predicted octanol–water partition coefficient (Wildman–Crippen LogP) is 1.43. The summed E-state index contributed by atoms with van der Waals surface area (Å²) in [6, 6.07) is 10.4. The summed E-state index contributed by atoms with van der Waals surface area (Å²) in [5, 5.41) is 0. The maximum Gasteiger partial charge on any atom is 0.110 e. The molecule has 15 heavy (non-hydrogen) atoms. The SMILES string of the molecule is NCCc1nccn1Cc1ccccc1. The molecule has 0 aliphatic rings. The van der Waals surface area contributed by atoms with Gasteiger partial charge >= 0.3 is 0 Å². The van der Waals surface area contributed by atoms with E-state index in [0.29, 0.717) is 6.54 Å². The van der Waals surface area contributed by atoms with E-state index in [9.17, 15) is 0 Å². The van der Waals surface area contributed by atoms with Gasteiger partial charge in [0.05, 0.1) is 0 Å². The Kier molecular flexibility index (Phi) is 3.15. The molecule has 78 valence electrons. The highest BCUT2D eigenvalue weighted by Gasteiger charge is 2.01. The molecule has 0 fully saturated rings. The van der Waals surface area contributed by atoms with Crippen molar-refractivity contribution in [3.63, 3.8) is 0 Å². The summed E-state index contributed by atoms with van der Waals surface area (Å²) < 4.78 is 2.14. The van der Waals surface area contributed by atoms with Crippen LogP contribution in [-0.4, -0.2) is 16.1 Å². The summed E-state index contributed by atoms with van der Waals surface area (Å²) in [6.07, 6.45) is 4.66. The molecule has 0 spiro atoms. The van der Waals surface area contributed by atoms with Crippen LogP contribution in [0, 0.1) is 0 Å². The molecule has 0 radical (unpaired) electrons. The number of aromatic nitrogens is 2. The molecule has 0 saturated heterocycles. The van der Waals surface area contributed by atoms with Crippen molar-refractivity contribution in [3.8, 4) is 0 Å². The fourth-order valence-corrected chi connectivity index (χ4v) is 1.62. The van der Waals surface area contributed by atoms with Crippen molar-refractivity contribution in [2.75, 3.05) is 6.54 Å². The van der Waals surface area contributed by atoms with Gasteiger partial charge in [-0.2, -0.15) is 0 Å². The van der Waals surface area contributed by atoms with E-state index in [1.807, 2.05) is 18.5 Å². The number of hydrogen-bond acceptors (Lipinski definition) is 2. The number of hydrogen-bond donors (Lipinski definition) is 1. The van der Waals surface area contributed by atoms with Gasteiger partial charge in [0.15, 0.2) is 0 Å². The topological polar surface area (TPSA) is 43.8 Å². The van der Waals surface area contributed by atoms with Crippen LogP contribution >= 0.6 is 0 Å². The lowest BCUT2D eigenvalue weighted by Crippen LogP contribution is -2.10. The molecular weight excluding hydrogens is 186 g/mol. The van der Waals surface area contributed by atoms with Crippen LogP contribution in [0.25, 0.3) is 0 Å². The molecule has 1 aromatic carbocycles. The van der Waals surface area contributed by atoms with Crippen LogP contribution in [0.15, 0.2) is 42.7 Å². The van der Waals surface area contributed by atoms with Gasteiger partial charge in [0, 0.05) is 25.4 Å². The van der Waals surface area contributed by atoms with Gasteiger partial charge in [-0.15, -0.1) is 0 Å². The zero-order chi connectivity index (χ0) is 10.5. The Morgan fingerprint density at radius 3 is 2.73 bits per heavy atom. The standard InChI is InChI=1S/C12H15N3/c13-7-6-12-14-8-9-15(12)10-11-4-2-1-3-5-11/h1-5,8-9H,6-7,10,13H2. The normalized spacial score (nSPS) is 10.5. The van der Waals surface area contributed by atoms with Crippen LogP contribution in [0.2, 0.25) is 0 Å². The van der Waals surface area contributed by atoms with Crippen LogP contribution in [0.5, 0.6) is 0 Å². The van der Waals surface area contributed by atoms with Crippen molar-refractivity contribution in [1.29, 1.82) is 0 Å². The maximum atomic E-state index is 5.53. The lowest BCUT2D eigenvalue weighted by molar-refractivity contribution is 0.716. The lowest BCUT2D eigenvalue weighted by atomic mass is 10.2. The minimum atomic E-state index is 0.645. The van der Waals surface area contributed by atoms with E-state index in [1.165, 1.54) is 5.56 Å². The summed E-state index contributed by atoms with van der Waals surface area (Å²) >= 11 is 0. The minimum absolute atomic E-state index is 0.645. The number of nitrogens with two attached hydrogens (primary N) is 1. The molecule has 2 rings (SSSR count). The zero-order valence-corrected chi connectivity index (χ0v) is 8.63. The quantitative estimate of drug-likeness (QED) is 0.813. The molecule has 2 N–H and O–H groups in total. The third-order valence-electron chi connectivity index (χ3n) is 2.37. The van der Waals surface area contributed by atoms with Crippen LogP contribution in [0.1, 0.15) is 11.4 Å². The highest BCUT2D eigenvalue weighted by atomic mass is 15.1. The lowest BCUT2D eigenvalue weighted by Gasteiger charge is -2.06. The Bertz CT molecular complexity index is 406. The molecule has 0 aliphatic heterocycles. The second-order valence-corrected chi connectivity index (χ2v) is 3.50. The number of rotatable bonds is 4. The van der Waals surface area contributed by atoms with E-state index in [-0.39, 0.29) is 0 Å². The second-order valence-electron chi connectivity index (χ2n) is 3.50. The van der Waals surface area contributed by atoms with Gasteiger partial charge in [-0.1, -0.05) is 30.3 Å². The summed E-state index contributed by atoms with van der Waals surface area (Å²) in [5.74, 6) is 1.06. The van der Waals surface area contributed by atoms with Crippen LogP contribution in [0.3, 0.4) is 0 Å². The van der Waals surface area contributed by atoms with Crippen LogP contribution < -0.4 is 5.73 Å². The molecule has 3 heteroatoms. The first-order valence-corrected chi connectivity index (χ1v) is 5.14. The van der Waals surface area contributed by atoms with Gasteiger partial charge in [0.25, 0.3) is 0 Å². The van der Waals surface area contributed by atoms with Crippen molar-refractivity contribution in [1.82, 2.24) is 9.55 Å². The Balaban J connectivity index is 2.14. The smallest absolute Gasteiger partial charge is 0.110 e. The zero-order valence-electron chi connectivity index (χ0n) is 8.63. The second kappa shape index (κ2) is 4.75. The predicted molar refractivity (Wildman–Crippen MR) is 60.5 cm³/mol. The van der Waals surface area contributed by atoms with Crippen molar-refractivity contribution in [3.05, 3.63) is 54.1 Å². The van der Waals surface area contributed by atoms with Gasteiger partial charge in [0.2, 0.25) is 0 Å². The third kappa shape index (κ3) is 2.44. The third-order valence-corrected chi connectivity index (χ3v) is 2.37. The van der Waals surface area contributed by atoms with E-state index in [1.54, 1.807) is 0 Å². The molecule has 0 atom stereocenters. The molecule has 0 aliphatic carbocycles. The highest BCUT2D eigenvalue weighted by Crippen LogP contribution is 2.05. The Morgan fingerprint density at radius 2 is 2.00 bits per heavy atom. The first-order chi connectivity index (χ1) is 7.40. The maximum absolute atomic E-state index is 5.53. The van der Waals surface area contributed by atoms with Crippen LogP contribution in [0.4, 0.5) is 0 Å². The van der Waals surface area contributed by atoms with Crippen molar-refractivity contribution in [2.24, 2.45) is 5.73 Å². The summed E-state index contributed by atoms with van der Waals surface area (Å²) in [7, 11) is 0. The molecule has 0 saturated carbocycles. The Morgan fingerprint density at radius 1 is 1.20 bits per heavy atom. The fraction of sp³-hybridized carbons (Fsp3) is 0.250. The van der Waals surface area contributed by atoms with Gasteiger partial charge in [-0.05, 0) is 12.1 Å². The summed E-state index contributed by atoms with van der Waals surface area (Å²) in [6.45, 7) is 1.52. The number of imidazole rings is 1. The van der Waals surface area contributed by atoms with E-state index in [4.69, 9.17) is 5.73 Å². The monoisotopic (exact) mass is 201 g/mol. The first-order valence-electron chi connectivity index (χ1n) is 5.14. The van der Waals surface area contributed by atoms with E-state index in [0.717, 1.165) is 18.8 Å². The molecule has 0 amide bonds. The van der Waals surface area contributed by atoms with Crippen molar-refractivity contribution in [2.45, 2.75) is 13.0 Å². The van der Waals surface area contributed by atoms with E-state index in [2.05, 4.69) is 33.8 Å². The molecule has 0 bridgehead atoms. The van der Waals surface area contributed by atoms with Crippen molar-refractivity contribution >= 4 is 0 Å². The number of benzene rings is 1. The average Bonchev–Trinajstić information content (AvgIpc) is 2.68. The molecule has 1 heterocycles. The molecule has 3 nitrogen and oxygen atoms in total.